The number of hydrogen-bond donors (Lipinski definition) is 3. The smallest absolute Gasteiger partial charge is 0.161 e. The number of benzene rings is 1. The largest absolute Gasteiger partial charge is 0.491 e. The van der Waals surface area contributed by atoms with E-state index in [1.165, 1.54) is 12.8 Å². The maximum atomic E-state index is 6.20. The number of para-hydroxylation sites is 1. The van der Waals surface area contributed by atoms with Crippen molar-refractivity contribution in [2.45, 2.75) is 31.7 Å². The van der Waals surface area contributed by atoms with Gasteiger partial charge in [0.05, 0.1) is 36.3 Å². The highest BCUT2D eigenvalue weighted by Crippen LogP contribution is 2.33. The highest BCUT2D eigenvalue weighted by Gasteiger charge is 2.23. The van der Waals surface area contributed by atoms with E-state index in [4.69, 9.17) is 20.4 Å². The molecule has 2 aliphatic rings. The Kier molecular flexibility index (Phi) is 4.75. The van der Waals surface area contributed by atoms with Crippen molar-refractivity contribution in [1.82, 2.24) is 35.0 Å². The lowest BCUT2D eigenvalue weighted by molar-refractivity contribution is 0.303. The fraction of sp³-hybridized carbons (Fsp3) is 0.391. The molecule has 0 unspecified atom stereocenters. The van der Waals surface area contributed by atoms with Crippen LogP contribution in [-0.2, 0) is 0 Å². The van der Waals surface area contributed by atoms with Crippen LogP contribution in [0.4, 0.5) is 5.82 Å². The van der Waals surface area contributed by atoms with Crippen LogP contribution in [0.15, 0.2) is 36.8 Å². The third-order valence-electron chi connectivity index (χ3n) is 6.25. The molecule has 0 bridgehead atoms. The minimum absolute atomic E-state index is 0.332. The van der Waals surface area contributed by atoms with E-state index in [0.717, 1.165) is 60.6 Å². The summed E-state index contributed by atoms with van der Waals surface area (Å²) in [5, 5.41) is 7.97. The van der Waals surface area contributed by atoms with Crippen molar-refractivity contribution in [3.05, 3.63) is 36.8 Å². The van der Waals surface area contributed by atoms with E-state index in [1.54, 1.807) is 6.20 Å². The first-order valence-electron chi connectivity index (χ1n) is 11.2. The zero-order chi connectivity index (χ0) is 21.5. The first-order valence-corrected chi connectivity index (χ1v) is 11.2. The lowest BCUT2D eigenvalue weighted by Gasteiger charge is -2.22. The van der Waals surface area contributed by atoms with Gasteiger partial charge >= 0.3 is 0 Å². The summed E-state index contributed by atoms with van der Waals surface area (Å²) in [6, 6.07) is 6.31. The topological polar surface area (TPSA) is 120 Å². The number of fused-ring (bicyclic) bond motifs is 1. The van der Waals surface area contributed by atoms with E-state index in [0.29, 0.717) is 29.3 Å². The average Bonchev–Trinajstić information content (AvgIpc) is 3.34. The maximum absolute atomic E-state index is 6.20. The van der Waals surface area contributed by atoms with E-state index >= 15 is 0 Å². The van der Waals surface area contributed by atoms with Gasteiger partial charge in [-0.15, -0.1) is 0 Å². The Morgan fingerprint density at radius 3 is 2.81 bits per heavy atom. The number of rotatable bonds is 6. The van der Waals surface area contributed by atoms with Crippen LogP contribution in [-0.4, -0.2) is 49.4 Å². The molecule has 4 N–H and O–H groups in total. The number of nitrogens with zero attached hydrogens (tertiary/aromatic N) is 5. The third kappa shape index (κ3) is 3.69. The molecule has 1 saturated carbocycles. The first-order chi connectivity index (χ1) is 15.7. The Morgan fingerprint density at radius 1 is 1.09 bits per heavy atom. The normalized spacial score (nSPS) is 17.1. The predicted octanol–water partition coefficient (Wildman–Crippen LogP) is 3.18. The van der Waals surface area contributed by atoms with Crippen LogP contribution in [0.3, 0.4) is 0 Å². The number of aromatic amines is 1. The molecular formula is C23H26N8O. The molecule has 9 nitrogen and oxygen atoms in total. The van der Waals surface area contributed by atoms with E-state index in [9.17, 15) is 0 Å². The quantitative estimate of drug-likeness (QED) is 0.430. The minimum Gasteiger partial charge on any atom is -0.491 e. The molecule has 0 amide bonds. The predicted molar refractivity (Wildman–Crippen MR) is 122 cm³/mol. The van der Waals surface area contributed by atoms with E-state index in [-0.39, 0.29) is 0 Å². The number of nitrogens with one attached hydrogen (secondary N) is 2. The van der Waals surface area contributed by atoms with Gasteiger partial charge in [-0.3, -0.25) is 4.68 Å². The zero-order valence-corrected chi connectivity index (χ0v) is 17.8. The van der Waals surface area contributed by atoms with Crippen molar-refractivity contribution in [2.75, 3.05) is 25.4 Å². The molecule has 32 heavy (non-hydrogen) atoms. The van der Waals surface area contributed by atoms with Crippen molar-refractivity contribution in [3.8, 4) is 28.5 Å². The van der Waals surface area contributed by atoms with Gasteiger partial charge in [-0.1, -0.05) is 6.07 Å². The Labute approximate surface area is 185 Å². The summed E-state index contributed by atoms with van der Waals surface area (Å²) < 4.78 is 8.05. The molecule has 0 atom stereocenters. The van der Waals surface area contributed by atoms with Crippen LogP contribution in [0.5, 0.6) is 5.75 Å². The highest BCUT2D eigenvalue weighted by molar-refractivity contribution is 5.85. The molecule has 3 aromatic heterocycles. The van der Waals surface area contributed by atoms with Crippen molar-refractivity contribution >= 4 is 16.9 Å². The number of aromatic nitrogens is 6. The summed E-state index contributed by atoms with van der Waals surface area (Å²) in [6.07, 6.45) is 10.2. The molecule has 9 heteroatoms. The van der Waals surface area contributed by atoms with Crippen molar-refractivity contribution < 1.29 is 4.74 Å². The van der Waals surface area contributed by atoms with Crippen LogP contribution < -0.4 is 15.8 Å². The van der Waals surface area contributed by atoms with E-state index in [2.05, 4.69) is 20.4 Å². The molecule has 1 aliphatic carbocycles. The number of H-pyrrole nitrogens is 1. The zero-order valence-electron chi connectivity index (χ0n) is 17.8. The summed E-state index contributed by atoms with van der Waals surface area (Å²) in [4.78, 5) is 17.3. The monoisotopic (exact) mass is 430 g/mol. The number of piperidine rings is 1. The number of nitrogen functional groups attached to an aromatic ring is 1. The maximum Gasteiger partial charge on any atom is 0.161 e. The van der Waals surface area contributed by atoms with Crippen LogP contribution in [0, 0.1) is 5.92 Å². The Bertz CT molecular complexity index is 1250. The van der Waals surface area contributed by atoms with E-state index < -0.39 is 0 Å². The van der Waals surface area contributed by atoms with Crippen LogP contribution >= 0.6 is 0 Å². The van der Waals surface area contributed by atoms with Gasteiger partial charge in [0.2, 0.25) is 0 Å². The number of imidazole rings is 1. The van der Waals surface area contributed by atoms with Gasteiger partial charge in [-0.2, -0.15) is 5.10 Å². The van der Waals surface area contributed by atoms with E-state index in [1.807, 2.05) is 35.3 Å². The molecule has 0 spiro atoms. The molecule has 4 aromatic rings. The van der Waals surface area contributed by atoms with Crippen LogP contribution in [0.2, 0.25) is 0 Å². The van der Waals surface area contributed by atoms with Crippen LogP contribution in [0.25, 0.3) is 33.8 Å². The molecule has 0 radical (unpaired) electrons. The standard InChI is InChI=1S/C23H26N8O/c24-22-21(23-29-17-2-1-3-19(20(17)30-23)32-13-14-4-5-14)28-18(11-26-22)15-10-27-31(12-15)16-6-8-25-9-7-16/h1-3,10-12,14,16,25H,4-9,13H2,(H2,24,26)(H,29,30). The molecular weight excluding hydrogens is 404 g/mol. The Morgan fingerprint density at radius 2 is 1.97 bits per heavy atom. The fourth-order valence-electron chi connectivity index (χ4n) is 4.18. The number of anilines is 1. The molecule has 164 valence electrons. The molecule has 1 saturated heterocycles. The van der Waals surface area contributed by atoms with Gasteiger partial charge in [0, 0.05) is 11.8 Å². The van der Waals surface area contributed by atoms with Gasteiger partial charge in [-0.05, 0) is 56.8 Å². The summed E-state index contributed by atoms with van der Waals surface area (Å²) >= 11 is 0. The number of hydrogen-bond acceptors (Lipinski definition) is 7. The second-order valence-electron chi connectivity index (χ2n) is 8.67. The Hall–Kier alpha value is -3.46. The summed E-state index contributed by atoms with van der Waals surface area (Å²) in [7, 11) is 0. The first kappa shape index (κ1) is 19.2. The molecule has 1 aliphatic heterocycles. The lowest BCUT2D eigenvalue weighted by atomic mass is 10.1. The summed E-state index contributed by atoms with van der Waals surface area (Å²) in [5.74, 6) is 2.37. The molecule has 1 aromatic carbocycles. The SMILES string of the molecule is Nc1ncc(-c2cnn(C3CCNCC3)c2)nc1-c1nc2c(OCC3CC3)cccc2[nH]1. The van der Waals surface area contributed by atoms with Crippen LogP contribution in [0.1, 0.15) is 31.7 Å². The van der Waals surface area contributed by atoms with Gasteiger partial charge < -0.3 is 20.8 Å². The molecule has 4 heterocycles. The van der Waals surface area contributed by atoms with Gasteiger partial charge in [-0.25, -0.2) is 15.0 Å². The fourth-order valence-corrected chi connectivity index (χ4v) is 4.18. The molecule has 2 fully saturated rings. The molecule has 6 rings (SSSR count). The van der Waals surface area contributed by atoms with Crippen molar-refractivity contribution in [1.29, 1.82) is 0 Å². The van der Waals surface area contributed by atoms with Crippen molar-refractivity contribution in [3.63, 3.8) is 0 Å². The minimum atomic E-state index is 0.332. The third-order valence-corrected chi connectivity index (χ3v) is 6.25. The summed E-state index contributed by atoms with van der Waals surface area (Å²) in [5.41, 5.74) is 10.0. The number of ether oxygens (including phenoxy) is 1. The van der Waals surface area contributed by atoms with Gasteiger partial charge in [0.25, 0.3) is 0 Å². The second kappa shape index (κ2) is 7.90. The van der Waals surface area contributed by atoms with Crippen molar-refractivity contribution in [2.24, 2.45) is 5.92 Å². The average molecular weight is 431 g/mol. The van der Waals surface area contributed by atoms with Gasteiger partial charge in [0.1, 0.15) is 17.0 Å². The highest BCUT2D eigenvalue weighted by atomic mass is 16.5. The van der Waals surface area contributed by atoms with Gasteiger partial charge in [0.15, 0.2) is 11.6 Å². The number of nitrogens with two attached hydrogens (primary N) is 1. The second-order valence-corrected chi connectivity index (χ2v) is 8.67. The summed E-state index contributed by atoms with van der Waals surface area (Å²) in [6.45, 7) is 2.77. The Balaban J connectivity index is 1.32. The lowest BCUT2D eigenvalue weighted by Crippen LogP contribution is -2.29.